The van der Waals surface area contributed by atoms with Crippen LogP contribution in [0.4, 0.5) is 0 Å². The maximum absolute atomic E-state index is 12.9. The number of amides is 1. The molecule has 3 aromatic rings. The molecule has 0 radical (unpaired) electrons. The molecule has 0 aliphatic rings. The van der Waals surface area contributed by atoms with E-state index in [1.807, 2.05) is 48.2 Å². The molecular weight excluding hydrogens is 358 g/mol. The summed E-state index contributed by atoms with van der Waals surface area (Å²) in [7, 11) is 4.81. The molecule has 0 unspecified atom stereocenters. The van der Waals surface area contributed by atoms with Gasteiger partial charge in [0.25, 0.3) is 0 Å². The van der Waals surface area contributed by atoms with Crippen molar-refractivity contribution in [1.29, 1.82) is 0 Å². The predicted octanol–water partition coefficient (Wildman–Crippen LogP) is 4.05. The number of rotatable bonds is 8. The van der Waals surface area contributed by atoms with E-state index in [-0.39, 0.29) is 12.3 Å². The molecule has 1 heterocycles. The molecule has 28 heavy (non-hydrogen) atoms. The molecule has 6 nitrogen and oxygen atoms in total. The first-order valence-electron chi connectivity index (χ1n) is 9.12. The van der Waals surface area contributed by atoms with Crippen molar-refractivity contribution in [2.24, 2.45) is 0 Å². The van der Waals surface area contributed by atoms with Gasteiger partial charge < -0.3 is 23.5 Å². The summed E-state index contributed by atoms with van der Waals surface area (Å²) < 4.78 is 21.4. The van der Waals surface area contributed by atoms with Crippen molar-refractivity contribution >= 4 is 16.9 Å². The fourth-order valence-electron chi connectivity index (χ4n) is 3.18. The van der Waals surface area contributed by atoms with Crippen molar-refractivity contribution in [2.75, 3.05) is 27.9 Å². The topological polar surface area (TPSA) is 61.1 Å². The standard InChI is InChI=1S/C22H25NO5/c1-5-23(13-15-6-9-19(26-3)21(10-15)27-4)22(24)11-16-14-28-20-12-17(25-2)7-8-18(16)20/h6-10,12,14H,5,11,13H2,1-4H3. The molecule has 1 aromatic heterocycles. The molecule has 0 aliphatic carbocycles. The highest BCUT2D eigenvalue weighted by Crippen LogP contribution is 2.29. The SMILES string of the molecule is CCN(Cc1ccc(OC)c(OC)c1)C(=O)Cc1coc2cc(OC)ccc12. The second-order valence-corrected chi connectivity index (χ2v) is 6.40. The van der Waals surface area contributed by atoms with Gasteiger partial charge in [0, 0.05) is 30.1 Å². The molecule has 0 bridgehead atoms. The first-order valence-corrected chi connectivity index (χ1v) is 9.12. The van der Waals surface area contributed by atoms with E-state index in [1.165, 1.54) is 0 Å². The Labute approximate surface area is 164 Å². The number of hydrogen-bond donors (Lipinski definition) is 0. The summed E-state index contributed by atoms with van der Waals surface area (Å²) in [5.74, 6) is 2.08. The first kappa shape index (κ1) is 19.6. The van der Waals surface area contributed by atoms with E-state index in [0.717, 1.165) is 22.3 Å². The smallest absolute Gasteiger partial charge is 0.227 e. The lowest BCUT2D eigenvalue weighted by Gasteiger charge is -2.21. The third kappa shape index (κ3) is 4.06. The highest BCUT2D eigenvalue weighted by atomic mass is 16.5. The lowest BCUT2D eigenvalue weighted by atomic mass is 10.1. The highest BCUT2D eigenvalue weighted by molar-refractivity contribution is 5.88. The zero-order chi connectivity index (χ0) is 20.1. The van der Waals surface area contributed by atoms with Gasteiger partial charge in [0.1, 0.15) is 11.3 Å². The molecule has 0 fully saturated rings. The van der Waals surface area contributed by atoms with Gasteiger partial charge >= 0.3 is 0 Å². The Morgan fingerprint density at radius 1 is 1.00 bits per heavy atom. The lowest BCUT2D eigenvalue weighted by Crippen LogP contribution is -2.31. The maximum Gasteiger partial charge on any atom is 0.227 e. The normalized spacial score (nSPS) is 10.7. The Morgan fingerprint density at radius 3 is 2.46 bits per heavy atom. The van der Waals surface area contributed by atoms with Crippen molar-refractivity contribution in [1.82, 2.24) is 4.90 Å². The van der Waals surface area contributed by atoms with Gasteiger partial charge in [-0.1, -0.05) is 6.07 Å². The van der Waals surface area contributed by atoms with Crippen LogP contribution in [0.3, 0.4) is 0 Å². The van der Waals surface area contributed by atoms with Crippen molar-refractivity contribution < 1.29 is 23.4 Å². The fourth-order valence-corrected chi connectivity index (χ4v) is 3.18. The van der Waals surface area contributed by atoms with Gasteiger partial charge in [-0.15, -0.1) is 0 Å². The maximum atomic E-state index is 12.9. The summed E-state index contributed by atoms with van der Waals surface area (Å²) >= 11 is 0. The largest absolute Gasteiger partial charge is 0.497 e. The molecular formula is C22H25NO5. The summed E-state index contributed by atoms with van der Waals surface area (Å²) in [4.78, 5) is 14.7. The molecule has 0 aliphatic heterocycles. The van der Waals surface area contributed by atoms with Crippen LogP contribution in [0.5, 0.6) is 17.2 Å². The van der Waals surface area contributed by atoms with Gasteiger partial charge in [-0.25, -0.2) is 0 Å². The third-order valence-electron chi connectivity index (χ3n) is 4.76. The van der Waals surface area contributed by atoms with Crippen LogP contribution in [0.25, 0.3) is 11.0 Å². The minimum atomic E-state index is 0.0378. The van der Waals surface area contributed by atoms with Crippen molar-refractivity contribution in [3.05, 3.63) is 53.8 Å². The molecule has 148 valence electrons. The number of carbonyl (C=O) groups excluding carboxylic acids is 1. The Balaban J connectivity index is 1.75. The average molecular weight is 383 g/mol. The van der Waals surface area contributed by atoms with Gasteiger partial charge in [0.15, 0.2) is 11.5 Å². The number of fused-ring (bicyclic) bond motifs is 1. The van der Waals surface area contributed by atoms with E-state index in [1.54, 1.807) is 27.6 Å². The van der Waals surface area contributed by atoms with Crippen LogP contribution >= 0.6 is 0 Å². The Kier molecular flexibility index (Phi) is 6.09. The van der Waals surface area contributed by atoms with E-state index < -0.39 is 0 Å². The molecule has 0 spiro atoms. The van der Waals surface area contributed by atoms with E-state index in [0.29, 0.717) is 30.2 Å². The molecule has 2 aromatic carbocycles. The Bertz CT molecular complexity index is 963. The zero-order valence-corrected chi connectivity index (χ0v) is 16.7. The van der Waals surface area contributed by atoms with Crippen LogP contribution in [0.2, 0.25) is 0 Å². The summed E-state index contributed by atoms with van der Waals surface area (Å²) in [6, 6.07) is 11.3. The fraction of sp³-hybridized carbons (Fsp3) is 0.318. The van der Waals surface area contributed by atoms with Gasteiger partial charge in [-0.2, -0.15) is 0 Å². The van der Waals surface area contributed by atoms with E-state index in [2.05, 4.69) is 0 Å². The Morgan fingerprint density at radius 2 is 1.79 bits per heavy atom. The van der Waals surface area contributed by atoms with Gasteiger partial charge in [-0.05, 0) is 36.8 Å². The zero-order valence-electron chi connectivity index (χ0n) is 16.7. The number of benzene rings is 2. The predicted molar refractivity (Wildman–Crippen MR) is 107 cm³/mol. The highest BCUT2D eigenvalue weighted by Gasteiger charge is 2.17. The van der Waals surface area contributed by atoms with E-state index >= 15 is 0 Å². The number of furan rings is 1. The molecule has 0 saturated heterocycles. The molecule has 1 amide bonds. The van der Waals surface area contributed by atoms with Gasteiger partial charge in [-0.3, -0.25) is 4.79 Å². The number of methoxy groups -OCH3 is 3. The number of likely N-dealkylation sites (N-methyl/N-ethyl adjacent to an activating group) is 1. The van der Waals surface area contributed by atoms with Gasteiger partial charge in [0.2, 0.25) is 5.91 Å². The number of carbonyl (C=O) groups is 1. The van der Waals surface area contributed by atoms with Crippen LogP contribution < -0.4 is 14.2 Å². The number of nitrogens with zero attached hydrogens (tertiary/aromatic N) is 1. The molecule has 0 N–H and O–H groups in total. The minimum Gasteiger partial charge on any atom is -0.497 e. The van der Waals surface area contributed by atoms with Crippen molar-refractivity contribution in [3.63, 3.8) is 0 Å². The van der Waals surface area contributed by atoms with Crippen LogP contribution in [-0.4, -0.2) is 38.7 Å². The second kappa shape index (κ2) is 8.69. The minimum absolute atomic E-state index is 0.0378. The third-order valence-corrected chi connectivity index (χ3v) is 4.76. The van der Waals surface area contributed by atoms with Crippen LogP contribution in [0.15, 0.2) is 47.1 Å². The second-order valence-electron chi connectivity index (χ2n) is 6.40. The van der Waals surface area contributed by atoms with Crippen LogP contribution in [-0.2, 0) is 17.8 Å². The van der Waals surface area contributed by atoms with Crippen molar-refractivity contribution in [2.45, 2.75) is 19.9 Å². The summed E-state index contributed by atoms with van der Waals surface area (Å²) in [6.45, 7) is 3.08. The molecule has 0 saturated carbocycles. The number of ether oxygens (including phenoxy) is 3. The molecule has 6 heteroatoms. The van der Waals surface area contributed by atoms with E-state index in [4.69, 9.17) is 18.6 Å². The van der Waals surface area contributed by atoms with Gasteiger partial charge in [0.05, 0.1) is 34.0 Å². The first-order chi connectivity index (χ1) is 13.6. The molecule has 0 atom stereocenters. The Hall–Kier alpha value is -3.15. The van der Waals surface area contributed by atoms with Crippen LogP contribution in [0.1, 0.15) is 18.1 Å². The summed E-state index contributed by atoms with van der Waals surface area (Å²) in [5.41, 5.74) is 2.56. The summed E-state index contributed by atoms with van der Waals surface area (Å²) in [5, 5.41) is 0.927. The van der Waals surface area contributed by atoms with Crippen molar-refractivity contribution in [3.8, 4) is 17.2 Å². The number of hydrogen-bond acceptors (Lipinski definition) is 5. The quantitative estimate of drug-likeness (QED) is 0.587. The van der Waals surface area contributed by atoms with Crippen LogP contribution in [0, 0.1) is 0 Å². The van der Waals surface area contributed by atoms with E-state index in [9.17, 15) is 4.79 Å². The average Bonchev–Trinajstić information content (AvgIpc) is 3.13. The molecule has 3 rings (SSSR count). The lowest BCUT2D eigenvalue weighted by molar-refractivity contribution is -0.130. The summed E-state index contributed by atoms with van der Waals surface area (Å²) in [6.07, 6.45) is 1.92. The monoisotopic (exact) mass is 383 g/mol.